The topological polar surface area (TPSA) is 31.5 Å². The molecule has 0 aliphatic carbocycles. The predicted molar refractivity (Wildman–Crippen MR) is 67.7 cm³/mol. The van der Waals surface area contributed by atoms with Gasteiger partial charge in [-0.05, 0) is 30.3 Å². The number of hydrogen-bond donors (Lipinski definition) is 1. The summed E-state index contributed by atoms with van der Waals surface area (Å²) in [5.41, 5.74) is 1.71. The van der Waals surface area contributed by atoms with Crippen LogP contribution in [0.25, 0.3) is 22.3 Å². The van der Waals surface area contributed by atoms with Crippen molar-refractivity contribution in [2.45, 2.75) is 0 Å². The normalized spacial score (nSPS) is 10.6. The highest BCUT2D eigenvalue weighted by atomic mass is 16.3. The number of hydrogen-bond acceptors (Lipinski definition) is 1. The zero-order valence-electron chi connectivity index (χ0n) is 9.13. The Morgan fingerprint density at radius 2 is 1.59 bits per heavy atom. The Morgan fingerprint density at radius 3 is 2.41 bits per heavy atom. The van der Waals surface area contributed by atoms with Crippen LogP contribution >= 0.6 is 0 Å². The van der Waals surface area contributed by atoms with Gasteiger partial charge in [-0.2, -0.15) is 0 Å². The van der Waals surface area contributed by atoms with Crippen LogP contribution in [0.4, 0.5) is 0 Å². The van der Waals surface area contributed by atoms with E-state index < -0.39 is 0 Å². The monoisotopic (exact) mass is 223 g/mol. The van der Waals surface area contributed by atoms with Crippen LogP contribution < -0.4 is 0 Å². The van der Waals surface area contributed by atoms with E-state index >= 15 is 0 Å². The number of aromatic hydroxyl groups is 1. The zero-order chi connectivity index (χ0) is 11.7. The van der Waals surface area contributed by atoms with Gasteiger partial charge in [-0.1, -0.05) is 18.2 Å². The highest BCUT2D eigenvalue weighted by Crippen LogP contribution is 2.26. The lowest BCUT2D eigenvalue weighted by Crippen LogP contribution is -1.78. The standard InChI is InChI=1S/C15H10O2/c16-13-8-6-12-7-9-14(17-15(12)10-13)11-4-2-1-3-5-11/h1-10H/p+1. The van der Waals surface area contributed by atoms with Gasteiger partial charge in [-0.15, -0.1) is 0 Å². The van der Waals surface area contributed by atoms with Crippen LogP contribution in [0.5, 0.6) is 5.75 Å². The second kappa shape index (κ2) is 3.91. The molecule has 1 N–H and O–H groups in total. The van der Waals surface area contributed by atoms with E-state index in [4.69, 9.17) is 4.42 Å². The molecule has 0 atom stereocenters. The largest absolute Gasteiger partial charge is 0.508 e. The van der Waals surface area contributed by atoms with Gasteiger partial charge in [-0.3, -0.25) is 0 Å². The van der Waals surface area contributed by atoms with Crippen molar-refractivity contribution in [3.8, 4) is 17.1 Å². The summed E-state index contributed by atoms with van der Waals surface area (Å²) >= 11 is 0. The summed E-state index contributed by atoms with van der Waals surface area (Å²) in [6, 6.07) is 18.9. The van der Waals surface area contributed by atoms with E-state index in [0.717, 1.165) is 16.7 Å². The molecular weight excluding hydrogens is 212 g/mol. The maximum absolute atomic E-state index is 9.43. The molecule has 0 fully saturated rings. The first-order valence-electron chi connectivity index (χ1n) is 5.44. The minimum Gasteiger partial charge on any atom is -0.508 e. The average molecular weight is 223 g/mol. The second-order valence-electron chi connectivity index (χ2n) is 3.89. The summed E-state index contributed by atoms with van der Waals surface area (Å²) in [6.45, 7) is 0. The third kappa shape index (κ3) is 1.85. The molecule has 2 heteroatoms. The van der Waals surface area contributed by atoms with Gasteiger partial charge in [0.2, 0.25) is 0 Å². The lowest BCUT2D eigenvalue weighted by Gasteiger charge is -1.93. The molecule has 0 bridgehead atoms. The minimum atomic E-state index is 0.214. The molecule has 0 unspecified atom stereocenters. The molecule has 3 rings (SSSR count). The number of fused-ring (bicyclic) bond motifs is 1. The van der Waals surface area contributed by atoms with Crippen molar-refractivity contribution >= 4 is 11.0 Å². The first-order valence-corrected chi connectivity index (χ1v) is 5.44. The number of rotatable bonds is 1. The molecule has 0 aliphatic heterocycles. The van der Waals surface area contributed by atoms with Crippen molar-refractivity contribution in [1.29, 1.82) is 0 Å². The van der Waals surface area contributed by atoms with Gasteiger partial charge < -0.3 is 5.11 Å². The maximum Gasteiger partial charge on any atom is 0.364 e. The van der Waals surface area contributed by atoms with Gasteiger partial charge >= 0.3 is 11.3 Å². The molecule has 17 heavy (non-hydrogen) atoms. The summed E-state index contributed by atoms with van der Waals surface area (Å²) in [6.07, 6.45) is 0. The lowest BCUT2D eigenvalue weighted by molar-refractivity contribution is 0.474. The summed E-state index contributed by atoms with van der Waals surface area (Å²) < 4.78 is 5.77. The average Bonchev–Trinajstić information content (AvgIpc) is 2.39. The molecular formula is C15H11O2+. The smallest absolute Gasteiger partial charge is 0.364 e. The van der Waals surface area contributed by atoms with Crippen LogP contribution in [0.15, 0.2) is 65.1 Å². The van der Waals surface area contributed by atoms with Crippen LogP contribution in [0.3, 0.4) is 0 Å². The van der Waals surface area contributed by atoms with Gasteiger partial charge in [0, 0.05) is 6.07 Å². The van der Waals surface area contributed by atoms with Gasteiger partial charge in [-0.25, -0.2) is 4.42 Å². The molecule has 0 amide bonds. The van der Waals surface area contributed by atoms with Crippen LogP contribution in [0, 0.1) is 0 Å². The first-order chi connectivity index (χ1) is 8.33. The summed E-state index contributed by atoms with van der Waals surface area (Å²) in [7, 11) is 0. The Morgan fingerprint density at radius 1 is 0.824 bits per heavy atom. The van der Waals surface area contributed by atoms with Crippen LogP contribution in [-0.2, 0) is 0 Å². The number of phenolic OH excluding ortho intramolecular Hbond substituents is 1. The van der Waals surface area contributed by atoms with Crippen LogP contribution in [0.2, 0.25) is 0 Å². The molecule has 2 nitrogen and oxygen atoms in total. The van der Waals surface area contributed by atoms with Crippen molar-refractivity contribution in [3.05, 3.63) is 60.7 Å². The predicted octanol–water partition coefficient (Wildman–Crippen LogP) is 4.09. The quantitative estimate of drug-likeness (QED) is 0.630. The summed E-state index contributed by atoms with van der Waals surface area (Å²) in [5, 5.41) is 10.4. The third-order valence-electron chi connectivity index (χ3n) is 2.69. The third-order valence-corrected chi connectivity index (χ3v) is 2.69. The van der Waals surface area contributed by atoms with Gasteiger partial charge in [0.25, 0.3) is 0 Å². The summed E-state index contributed by atoms with van der Waals surface area (Å²) in [5.74, 6) is 1.01. The van der Waals surface area contributed by atoms with Crippen LogP contribution in [0.1, 0.15) is 0 Å². The van der Waals surface area contributed by atoms with E-state index in [0.29, 0.717) is 5.58 Å². The highest BCUT2D eigenvalue weighted by Gasteiger charge is 2.14. The Balaban J connectivity index is 2.19. The second-order valence-corrected chi connectivity index (χ2v) is 3.89. The van der Waals surface area contributed by atoms with Crippen LogP contribution in [-0.4, -0.2) is 5.11 Å². The fourth-order valence-corrected chi connectivity index (χ4v) is 1.82. The van der Waals surface area contributed by atoms with E-state index in [1.165, 1.54) is 0 Å². The number of benzene rings is 2. The SMILES string of the molecule is Oc1ccc2ccc(-c3ccccc3)[o+]c2c1. The van der Waals surface area contributed by atoms with E-state index in [1.54, 1.807) is 12.1 Å². The van der Waals surface area contributed by atoms with Crippen molar-refractivity contribution < 1.29 is 9.52 Å². The van der Waals surface area contributed by atoms with E-state index in [9.17, 15) is 5.11 Å². The molecule has 0 aliphatic rings. The van der Waals surface area contributed by atoms with Crippen molar-refractivity contribution in [3.63, 3.8) is 0 Å². The fraction of sp³-hybridized carbons (Fsp3) is 0. The van der Waals surface area contributed by atoms with Crippen molar-refractivity contribution in [1.82, 2.24) is 0 Å². The van der Waals surface area contributed by atoms with E-state index in [1.807, 2.05) is 48.5 Å². The first kappa shape index (κ1) is 9.85. The van der Waals surface area contributed by atoms with Gasteiger partial charge in [0.05, 0.1) is 17.0 Å². The van der Waals surface area contributed by atoms with E-state index in [2.05, 4.69) is 0 Å². The molecule has 3 aromatic rings. The number of phenols is 1. The van der Waals surface area contributed by atoms with E-state index in [-0.39, 0.29) is 5.75 Å². The fourth-order valence-electron chi connectivity index (χ4n) is 1.82. The maximum atomic E-state index is 9.43. The molecule has 0 saturated heterocycles. The lowest BCUT2D eigenvalue weighted by atomic mass is 10.1. The Kier molecular flexibility index (Phi) is 2.26. The zero-order valence-corrected chi connectivity index (χ0v) is 9.13. The van der Waals surface area contributed by atoms with Crippen molar-refractivity contribution in [2.75, 3.05) is 0 Å². The minimum absolute atomic E-state index is 0.214. The molecule has 1 heterocycles. The molecule has 82 valence electrons. The Labute approximate surface area is 98.8 Å². The molecule has 1 aromatic heterocycles. The highest BCUT2D eigenvalue weighted by molar-refractivity contribution is 5.80. The molecule has 0 saturated carbocycles. The Bertz CT molecular complexity index is 660. The van der Waals surface area contributed by atoms with Crippen molar-refractivity contribution in [2.24, 2.45) is 0 Å². The summed E-state index contributed by atoms with van der Waals surface area (Å²) in [4.78, 5) is 0. The van der Waals surface area contributed by atoms with Gasteiger partial charge in [0.15, 0.2) is 0 Å². The van der Waals surface area contributed by atoms with Gasteiger partial charge in [0.1, 0.15) is 5.75 Å². The molecule has 2 aromatic carbocycles. The Hall–Kier alpha value is -2.35. The molecule has 0 spiro atoms. The molecule has 0 radical (unpaired) electrons.